The predicted molar refractivity (Wildman–Crippen MR) is 81.6 cm³/mol. The van der Waals surface area contributed by atoms with Crippen molar-refractivity contribution in [2.45, 2.75) is 19.9 Å². The zero-order valence-electron chi connectivity index (χ0n) is 10.4. The average molecular weight is 273 g/mol. The molecule has 3 aromatic rings. The molecule has 0 spiro atoms. The highest BCUT2D eigenvalue weighted by Crippen LogP contribution is 2.35. The molecule has 1 unspecified atom stereocenters. The van der Waals surface area contributed by atoms with Crippen LogP contribution in [-0.2, 0) is 0 Å². The number of fused-ring (bicyclic) bond motifs is 1. The molecule has 18 heavy (non-hydrogen) atoms. The molecular formula is C15H15NS2. The van der Waals surface area contributed by atoms with Crippen LogP contribution in [0.1, 0.15) is 27.6 Å². The molecule has 0 aliphatic heterocycles. The Kier molecular flexibility index (Phi) is 2.98. The smallest absolute Gasteiger partial charge is 0.0649 e. The molecule has 0 aliphatic carbocycles. The molecule has 3 rings (SSSR count). The first-order valence-corrected chi connectivity index (χ1v) is 7.64. The highest BCUT2D eigenvalue weighted by molar-refractivity contribution is 7.27. The molecule has 0 fully saturated rings. The van der Waals surface area contributed by atoms with E-state index in [4.69, 9.17) is 5.73 Å². The number of hydrogen-bond acceptors (Lipinski definition) is 3. The molecule has 1 atom stereocenters. The average Bonchev–Trinajstić information content (AvgIpc) is 2.87. The second-order valence-electron chi connectivity index (χ2n) is 4.64. The van der Waals surface area contributed by atoms with Gasteiger partial charge in [-0.25, -0.2) is 0 Å². The monoisotopic (exact) mass is 273 g/mol. The molecule has 0 saturated heterocycles. The number of benzene rings is 1. The Morgan fingerprint density at radius 1 is 1.06 bits per heavy atom. The van der Waals surface area contributed by atoms with Gasteiger partial charge in [-0.2, -0.15) is 0 Å². The van der Waals surface area contributed by atoms with Crippen molar-refractivity contribution in [2.24, 2.45) is 5.73 Å². The van der Waals surface area contributed by atoms with E-state index in [9.17, 15) is 0 Å². The van der Waals surface area contributed by atoms with Crippen LogP contribution in [0.25, 0.3) is 9.40 Å². The van der Waals surface area contributed by atoms with Crippen molar-refractivity contribution in [2.75, 3.05) is 0 Å². The lowest BCUT2D eigenvalue weighted by Crippen LogP contribution is -2.11. The largest absolute Gasteiger partial charge is 0.320 e. The van der Waals surface area contributed by atoms with Crippen LogP contribution in [-0.4, -0.2) is 0 Å². The quantitative estimate of drug-likeness (QED) is 0.724. The molecule has 2 aromatic heterocycles. The minimum atomic E-state index is -0.00444. The van der Waals surface area contributed by atoms with Gasteiger partial charge in [0.05, 0.1) is 6.04 Å². The first-order valence-electron chi connectivity index (χ1n) is 5.95. The van der Waals surface area contributed by atoms with E-state index < -0.39 is 0 Å². The van der Waals surface area contributed by atoms with Gasteiger partial charge >= 0.3 is 0 Å². The maximum atomic E-state index is 6.41. The summed E-state index contributed by atoms with van der Waals surface area (Å²) in [4.78, 5) is 1.25. The van der Waals surface area contributed by atoms with Crippen molar-refractivity contribution in [1.82, 2.24) is 0 Å². The summed E-state index contributed by atoms with van der Waals surface area (Å²) in [7, 11) is 0. The van der Waals surface area contributed by atoms with Crippen LogP contribution in [0.4, 0.5) is 0 Å². The third-order valence-corrected chi connectivity index (χ3v) is 5.40. The summed E-state index contributed by atoms with van der Waals surface area (Å²) in [5.41, 5.74) is 10.2. The lowest BCUT2D eigenvalue weighted by molar-refractivity contribution is 0.882. The van der Waals surface area contributed by atoms with Crippen molar-refractivity contribution < 1.29 is 0 Å². The van der Waals surface area contributed by atoms with Crippen molar-refractivity contribution >= 4 is 32.1 Å². The molecule has 0 saturated carbocycles. The van der Waals surface area contributed by atoms with E-state index in [1.54, 1.807) is 22.7 Å². The SMILES string of the molecule is Cc1ccc(C(N)c2cc3sccc3s2)c(C)c1. The summed E-state index contributed by atoms with van der Waals surface area (Å²) < 4.78 is 2.69. The minimum Gasteiger partial charge on any atom is -0.320 e. The van der Waals surface area contributed by atoms with Gasteiger partial charge < -0.3 is 5.73 Å². The Balaban J connectivity index is 2.03. The van der Waals surface area contributed by atoms with E-state index in [0.29, 0.717) is 0 Å². The van der Waals surface area contributed by atoms with Crippen LogP contribution >= 0.6 is 22.7 Å². The van der Waals surface area contributed by atoms with E-state index in [1.165, 1.54) is 31.0 Å². The van der Waals surface area contributed by atoms with Gasteiger partial charge in [0, 0.05) is 14.3 Å². The van der Waals surface area contributed by atoms with E-state index >= 15 is 0 Å². The van der Waals surface area contributed by atoms with Crippen LogP contribution in [0, 0.1) is 13.8 Å². The minimum absolute atomic E-state index is 0.00444. The van der Waals surface area contributed by atoms with Gasteiger partial charge in [0.15, 0.2) is 0 Å². The lowest BCUT2D eigenvalue weighted by atomic mass is 9.99. The molecule has 0 radical (unpaired) electrons. The molecule has 0 amide bonds. The summed E-state index contributed by atoms with van der Waals surface area (Å²) in [6.07, 6.45) is 0. The maximum Gasteiger partial charge on any atom is 0.0649 e. The third-order valence-electron chi connectivity index (χ3n) is 3.23. The fraction of sp³-hybridized carbons (Fsp3) is 0.200. The van der Waals surface area contributed by atoms with Crippen LogP contribution in [0.5, 0.6) is 0 Å². The van der Waals surface area contributed by atoms with Crippen molar-refractivity contribution in [3.8, 4) is 0 Å². The summed E-state index contributed by atoms with van der Waals surface area (Å²) in [6.45, 7) is 4.25. The van der Waals surface area contributed by atoms with Crippen LogP contribution < -0.4 is 5.73 Å². The Hall–Kier alpha value is -1.16. The third kappa shape index (κ3) is 1.99. The first kappa shape index (κ1) is 11.9. The first-order chi connectivity index (χ1) is 8.65. The topological polar surface area (TPSA) is 26.0 Å². The van der Waals surface area contributed by atoms with Crippen molar-refractivity contribution in [3.63, 3.8) is 0 Å². The molecule has 2 N–H and O–H groups in total. The summed E-state index contributed by atoms with van der Waals surface area (Å²) >= 11 is 3.59. The molecule has 1 aromatic carbocycles. The summed E-state index contributed by atoms with van der Waals surface area (Å²) in [5, 5.41) is 2.13. The molecule has 3 heteroatoms. The predicted octanol–water partition coefficient (Wildman–Crippen LogP) is 4.63. The van der Waals surface area contributed by atoms with Gasteiger partial charge in [0.2, 0.25) is 0 Å². The number of nitrogens with two attached hydrogens (primary N) is 1. The Labute approximate surface area is 115 Å². The fourth-order valence-corrected chi connectivity index (χ4v) is 4.41. The number of hydrogen-bond donors (Lipinski definition) is 1. The molecule has 2 heterocycles. The number of rotatable bonds is 2. The summed E-state index contributed by atoms with van der Waals surface area (Å²) in [5.74, 6) is 0. The van der Waals surface area contributed by atoms with Gasteiger partial charge in [-0.1, -0.05) is 23.8 Å². The van der Waals surface area contributed by atoms with Crippen molar-refractivity contribution in [3.05, 3.63) is 57.3 Å². The molecule has 0 aliphatic rings. The Bertz CT molecular complexity index is 665. The van der Waals surface area contributed by atoms with E-state index in [-0.39, 0.29) is 6.04 Å². The van der Waals surface area contributed by atoms with Crippen LogP contribution in [0.3, 0.4) is 0 Å². The Morgan fingerprint density at radius 3 is 2.61 bits per heavy atom. The van der Waals surface area contributed by atoms with E-state index in [1.807, 2.05) is 0 Å². The molecule has 1 nitrogen and oxygen atoms in total. The standard InChI is InChI=1S/C15H15NS2/c1-9-3-4-11(10(2)7-9)15(16)14-8-13-12(18-14)5-6-17-13/h3-8,15H,16H2,1-2H3. The highest BCUT2D eigenvalue weighted by atomic mass is 32.1. The van der Waals surface area contributed by atoms with E-state index in [0.717, 1.165) is 0 Å². The summed E-state index contributed by atoms with van der Waals surface area (Å²) in [6, 6.07) is 10.9. The van der Waals surface area contributed by atoms with Gasteiger partial charge in [0.1, 0.15) is 0 Å². The van der Waals surface area contributed by atoms with Crippen LogP contribution in [0.15, 0.2) is 35.7 Å². The number of aryl methyl sites for hydroxylation is 2. The second-order valence-corrected chi connectivity index (χ2v) is 6.70. The van der Waals surface area contributed by atoms with Gasteiger partial charge in [0.25, 0.3) is 0 Å². The second kappa shape index (κ2) is 4.50. The zero-order valence-corrected chi connectivity index (χ0v) is 12.1. The van der Waals surface area contributed by atoms with Gasteiger partial charge in [-0.3, -0.25) is 0 Å². The Morgan fingerprint density at radius 2 is 1.89 bits per heavy atom. The van der Waals surface area contributed by atoms with Gasteiger partial charge in [-0.15, -0.1) is 22.7 Å². The van der Waals surface area contributed by atoms with E-state index in [2.05, 4.69) is 49.6 Å². The zero-order chi connectivity index (χ0) is 12.7. The molecular weight excluding hydrogens is 258 g/mol. The molecule has 0 bridgehead atoms. The van der Waals surface area contributed by atoms with Gasteiger partial charge in [-0.05, 0) is 42.5 Å². The number of thiophene rings is 2. The van der Waals surface area contributed by atoms with Crippen LogP contribution in [0.2, 0.25) is 0 Å². The van der Waals surface area contributed by atoms with Crippen molar-refractivity contribution in [1.29, 1.82) is 0 Å². The maximum absolute atomic E-state index is 6.41. The molecule has 92 valence electrons. The lowest BCUT2D eigenvalue weighted by Gasteiger charge is -2.13. The highest BCUT2D eigenvalue weighted by Gasteiger charge is 2.14. The normalized spacial score (nSPS) is 13.1. The fourth-order valence-electron chi connectivity index (χ4n) is 2.27.